The Labute approximate surface area is 203 Å². The second-order valence-corrected chi connectivity index (χ2v) is 12.0. The molecule has 186 valence electrons. The van der Waals surface area contributed by atoms with Gasteiger partial charge in [-0.15, -0.1) is 0 Å². The van der Waals surface area contributed by atoms with Gasteiger partial charge in [-0.25, -0.2) is 13.1 Å². The summed E-state index contributed by atoms with van der Waals surface area (Å²) in [6.45, 7) is 4.59. The third-order valence-corrected chi connectivity index (χ3v) is 7.80. The van der Waals surface area contributed by atoms with Crippen LogP contribution in [0.1, 0.15) is 63.1 Å². The molecule has 2 aromatic rings. The van der Waals surface area contributed by atoms with Gasteiger partial charge in [0, 0.05) is 12.6 Å². The molecule has 0 radical (unpaired) electrons. The van der Waals surface area contributed by atoms with Crippen LogP contribution in [0.15, 0.2) is 48.7 Å². The summed E-state index contributed by atoms with van der Waals surface area (Å²) < 4.78 is 33.2. The molecule has 4 rings (SSSR count). The fraction of sp³-hybridized carbons (Fsp3) is 0.577. The van der Waals surface area contributed by atoms with E-state index in [9.17, 15) is 13.5 Å². The van der Waals surface area contributed by atoms with Crippen LogP contribution in [-0.2, 0) is 20.4 Å². The number of hydrogen-bond acceptors (Lipinski definition) is 6. The number of aromatic nitrogens is 1. The Morgan fingerprint density at radius 2 is 1.79 bits per heavy atom. The van der Waals surface area contributed by atoms with Crippen LogP contribution < -0.4 is 9.62 Å². The molecule has 2 fully saturated rings. The third-order valence-electron chi connectivity index (χ3n) is 7.07. The molecular weight excluding hydrogens is 450 g/mol. The highest BCUT2D eigenvalue weighted by atomic mass is 32.2. The lowest BCUT2D eigenvalue weighted by Gasteiger charge is -2.33. The van der Waals surface area contributed by atoms with Crippen molar-refractivity contribution in [3.05, 3.63) is 59.9 Å². The largest absolute Gasteiger partial charge is 0.384 e. The first-order valence-electron chi connectivity index (χ1n) is 12.2. The number of ether oxygens (including phenoxy) is 1. The minimum Gasteiger partial charge on any atom is -0.384 e. The predicted octanol–water partition coefficient (Wildman–Crippen LogP) is 3.55. The maximum atomic E-state index is 12.0. The maximum Gasteiger partial charge on any atom is 0.209 e. The van der Waals surface area contributed by atoms with Gasteiger partial charge >= 0.3 is 0 Å². The number of nitrogens with one attached hydrogen (secondary N) is 1. The average Bonchev–Trinajstić information content (AvgIpc) is 3.19. The molecule has 0 amide bonds. The number of sulfonamides is 1. The van der Waals surface area contributed by atoms with Crippen LogP contribution >= 0.6 is 0 Å². The molecule has 1 saturated carbocycles. The molecule has 1 aliphatic carbocycles. The lowest BCUT2D eigenvalue weighted by Crippen LogP contribution is -2.48. The summed E-state index contributed by atoms with van der Waals surface area (Å²) in [5, 5.41) is 10.2. The van der Waals surface area contributed by atoms with Crippen molar-refractivity contribution >= 4 is 15.7 Å². The summed E-state index contributed by atoms with van der Waals surface area (Å²) in [7, 11) is -3.33. The highest BCUT2D eigenvalue weighted by Crippen LogP contribution is 2.35. The summed E-state index contributed by atoms with van der Waals surface area (Å²) in [5.74, 6) is 0.587. The molecule has 2 heterocycles. The van der Waals surface area contributed by atoms with Gasteiger partial charge < -0.3 is 14.7 Å². The minimum absolute atomic E-state index is 0.114. The average molecular weight is 488 g/mol. The molecule has 2 atom stereocenters. The molecule has 0 unspecified atom stereocenters. The molecule has 7 nitrogen and oxygen atoms in total. The fourth-order valence-electron chi connectivity index (χ4n) is 5.23. The zero-order chi connectivity index (χ0) is 24.3. The summed E-state index contributed by atoms with van der Waals surface area (Å²) >= 11 is 0. The van der Waals surface area contributed by atoms with Gasteiger partial charge in [0.15, 0.2) is 0 Å². The molecule has 1 aliphatic heterocycles. The topological polar surface area (TPSA) is 91.8 Å². The molecule has 1 aromatic heterocycles. The minimum atomic E-state index is -3.33. The van der Waals surface area contributed by atoms with Gasteiger partial charge in [-0.2, -0.15) is 0 Å². The molecule has 34 heavy (non-hydrogen) atoms. The van der Waals surface area contributed by atoms with E-state index in [-0.39, 0.29) is 18.2 Å². The Bertz CT molecular complexity index is 1030. The Morgan fingerprint density at radius 3 is 2.38 bits per heavy atom. The van der Waals surface area contributed by atoms with Crippen LogP contribution in [0.4, 0.5) is 5.69 Å². The Kier molecular flexibility index (Phi) is 7.62. The van der Waals surface area contributed by atoms with Crippen LogP contribution in [0.2, 0.25) is 0 Å². The molecule has 1 saturated heterocycles. The smallest absolute Gasteiger partial charge is 0.209 e. The van der Waals surface area contributed by atoms with Gasteiger partial charge in [0.1, 0.15) is 5.60 Å². The van der Waals surface area contributed by atoms with Crippen molar-refractivity contribution in [2.45, 2.75) is 75.7 Å². The van der Waals surface area contributed by atoms with Gasteiger partial charge in [-0.05, 0) is 69.6 Å². The Morgan fingerprint density at radius 1 is 1.09 bits per heavy atom. The van der Waals surface area contributed by atoms with Crippen LogP contribution in [0.25, 0.3) is 0 Å². The number of aliphatic hydroxyl groups is 1. The maximum absolute atomic E-state index is 12.0. The molecule has 0 spiro atoms. The standard InChI is InChI=1S/C26H37N3O4S/c1-26(2,30)25-14-11-21(17-27-25)29-16-15-23(28-34(3,31)32)24(29)18-33-22-12-9-20(10-13-22)19-7-5-4-6-8-19/h4-8,11,14,17,20,22-24,28,30H,9-10,12-13,15-16,18H2,1-3H3/t20-,22+,23-,24-/m0/s1. The molecule has 1 aromatic carbocycles. The lowest BCUT2D eigenvalue weighted by molar-refractivity contribution is 0.0156. The molecule has 8 heteroatoms. The van der Waals surface area contributed by atoms with E-state index in [4.69, 9.17) is 4.74 Å². The Balaban J connectivity index is 1.41. The number of nitrogens with zero attached hydrogens (tertiary/aromatic N) is 2. The van der Waals surface area contributed by atoms with Gasteiger partial charge in [0.25, 0.3) is 0 Å². The molecule has 2 aliphatic rings. The van der Waals surface area contributed by atoms with E-state index >= 15 is 0 Å². The first kappa shape index (κ1) is 25.1. The van der Waals surface area contributed by atoms with E-state index in [0.717, 1.165) is 31.4 Å². The van der Waals surface area contributed by atoms with Crippen molar-refractivity contribution in [3.63, 3.8) is 0 Å². The number of rotatable bonds is 8. The van der Waals surface area contributed by atoms with Crippen molar-refractivity contribution in [1.29, 1.82) is 0 Å². The van der Waals surface area contributed by atoms with Crippen molar-refractivity contribution in [2.24, 2.45) is 0 Å². The van der Waals surface area contributed by atoms with Gasteiger partial charge in [-0.3, -0.25) is 4.98 Å². The van der Waals surface area contributed by atoms with Crippen molar-refractivity contribution in [2.75, 3.05) is 24.3 Å². The van der Waals surface area contributed by atoms with Crippen molar-refractivity contribution < 1.29 is 18.3 Å². The van der Waals surface area contributed by atoms with Gasteiger partial charge in [0.2, 0.25) is 10.0 Å². The zero-order valence-electron chi connectivity index (χ0n) is 20.4. The molecule has 0 bridgehead atoms. The number of benzene rings is 1. The van der Waals surface area contributed by atoms with Crippen LogP contribution in [0.5, 0.6) is 0 Å². The SMILES string of the molecule is CC(C)(O)c1ccc(N2CC[C@H](NS(C)(=O)=O)[C@@H]2CO[C@H]2CC[C@@H](c3ccccc3)CC2)cn1. The van der Waals surface area contributed by atoms with Crippen molar-refractivity contribution in [1.82, 2.24) is 9.71 Å². The summed E-state index contributed by atoms with van der Waals surface area (Å²) in [5.41, 5.74) is 1.91. The van der Waals surface area contributed by atoms with Crippen LogP contribution in [0, 0.1) is 0 Å². The van der Waals surface area contributed by atoms with Crippen LogP contribution in [0.3, 0.4) is 0 Å². The lowest BCUT2D eigenvalue weighted by atomic mass is 9.83. The van der Waals surface area contributed by atoms with E-state index < -0.39 is 15.6 Å². The number of anilines is 1. The van der Waals surface area contributed by atoms with E-state index in [1.54, 1.807) is 20.0 Å². The predicted molar refractivity (Wildman–Crippen MR) is 134 cm³/mol. The van der Waals surface area contributed by atoms with Crippen molar-refractivity contribution in [3.8, 4) is 0 Å². The second-order valence-electron chi connectivity index (χ2n) is 10.2. The quantitative estimate of drug-likeness (QED) is 0.592. The fourth-order valence-corrected chi connectivity index (χ4v) is 6.06. The molecule has 2 N–H and O–H groups in total. The first-order valence-corrected chi connectivity index (χ1v) is 14.1. The number of hydrogen-bond donors (Lipinski definition) is 2. The second kappa shape index (κ2) is 10.3. The van der Waals surface area contributed by atoms with E-state index in [0.29, 0.717) is 31.2 Å². The number of pyridine rings is 1. The van der Waals surface area contributed by atoms with Crippen LogP contribution in [-0.4, -0.2) is 56.1 Å². The summed E-state index contributed by atoms with van der Waals surface area (Å²) in [4.78, 5) is 6.62. The molecular formula is C26H37N3O4S. The monoisotopic (exact) mass is 487 g/mol. The first-order chi connectivity index (χ1) is 16.1. The highest BCUT2D eigenvalue weighted by molar-refractivity contribution is 7.88. The van der Waals surface area contributed by atoms with E-state index in [1.165, 1.54) is 11.8 Å². The van der Waals surface area contributed by atoms with Gasteiger partial charge in [-0.1, -0.05) is 30.3 Å². The highest BCUT2D eigenvalue weighted by Gasteiger charge is 2.37. The zero-order valence-corrected chi connectivity index (χ0v) is 21.2. The summed E-state index contributed by atoms with van der Waals surface area (Å²) in [6.07, 6.45) is 8.10. The Hall–Kier alpha value is -2.00. The normalized spacial score (nSPS) is 26.1. The van der Waals surface area contributed by atoms with Gasteiger partial charge in [0.05, 0.1) is 42.6 Å². The van der Waals surface area contributed by atoms with E-state index in [1.807, 2.05) is 12.1 Å². The summed E-state index contributed by atoms with van der Waals surface area (Å²) in [6, 6.07) is 14.1. The van der Waals surface area contributed by atoms with E-state index in [2.05, 4.69) is 44.9 Å². The third kappa shape index (κ3) is 6.36.